The lowest BCUT2D eigenvalue weighted by molar-refractivity contribution is 0.176. The van der Waals surface area contributed by atoms with E-state index in [4.69, 9.17) is 4.42 Å². The average molecular weight is 220 g/mol. The van der Waals surface area contributed by atoms with Crippen LogP contribution in [-0.4, -0.2) is 14.9 Å². The number of aromatic nitrogens is 2. The lowest BCUT2D eigenvalue weighted by Gasteiger charge is -2.08. The molecule has 0 saturated carbocycles. The third kappa shape index (κ3) is 2.17. The zero-order valence-electron chi connectivity index (χ0n) is 9.55. The Labute approximate surface area is 94.5 Å². The van der Waals surface area contributed by atoms with Gasteiger partial charge in [0.2, 0.25) is 0 Å². The maximum absolute atomic E-state index is 10.1. The minimum Gasteiger partial charge on any atom is -0.469 e. The Morgan fingerprint density at radius 2 is 2.38 bits per heavy atom. The molecule has 16 heavy (non-hydrogen) atoms. The highest BCUT2D eigenvalue weighted by Gasteiger charge is 2.15. The van der Waals surface area contributed by atoms with Gasteiger partial charge in [0.25, 0.3) is 0 Å². The van der Waals surface area contributed by atoms with E-state index in [0.717, 1.165) is 23.3 Å². The molecule has 1 N–H and O–H groups in total. The lowest BCUT2D eigenvalue weighted by atomic mass is 10.0. The molecule has 0 aliphatic heterocycles. The summed E-state index contributed by atoms with van der Waals surface area (Å²) in [5, 5.41) is 14.2. The van der Waals surface area contributed by atoms with Gasteiger partial charge in [0, 0.05) is 31.6 Å². The molecule has 2 rings (SSSR count). The quantitative estimate of drug-likeness (QED) is 0.855. The summed E-state index contributed by atoms with van der Waals surface area (Å²) in [4.78, 5) is 0. The molecule has 1 atom stereocenters. The van der Waals surface area contributed by atoms with Gasteiger partial charge in [-0.25, -0.2) is 0 Å². The Bertz CT molecular complexity index is 459. The van der Waals surface area contributed by atoms with Crippen LogP contribution in [0.1, 0.15) is 29.9 Å². The number of aliphatic hydroxyl groups is 1. The first kappa shape index (κ1) is 11.0. The molecule has 0 aromatic carbocycles. The van der Waals surface area contributed by atoms with Crippen LogP contribution in [0.2, 0.25) is 0 Å². The van der Waals surface area contributed by atoms with Crippen LogP contribution in [0.4, 0.5) is 0 Å². The Morgan fingerprint density at radius 1 is 1.56 bits per heavy atom. The van der Waals surface area contributed by atoms with Gasteiger partial charge in [-0.15, -0.1) is 0 Å². The van der Waals surface area contributed by atoms with Crippen molar-refractivity contribution in [3.8, 4) is 0 Å². The summed E-state index contributed by atoms with van der Waals surface area (Å²) >= 11 is 0. The largest absolute Gasteiger partial charge is 0.469 e. The zero-order chi connectivity index (χ0) is 11.5. The van der Waals surface area contributed by atoms with E-state index in [1.165, 1.54) is 0 Å². The van der Waals surface area contributed by atoms with Gasteiger partial charge in [-0.1, -0.05) is 6.92 Å². The normalized spacial score (nSPS) is 12.9. The van der Waals surface area contributed by atoms with E-state index in [1.807, 2.05) is 26.2 Å². The lowest BCUT2D eigenvalue weighted by Crippen LogP contribution is -2.02. The molecule has 4 nitrogen and oxygen atoms in total. The summed E-state index contributed by atoms with van der Waals surface area (Å²) in [6, 6.07) is 1.83. The maximum Gasteiger partial charge on any atom is 0.109 e. The van der Waals surface area contributed by atoms with Gasteiger partial charge >= 0.3 is 0 Å². The third-order valence-electron chi connectivity index (χ3n) is 2.65. The number of rotatable bonds is 4. The number of nitrogens with zero attached hydrogens (tertiary/aromatic N) is 2. The SMILES string of the molecule is CCc1occc1C(O)Cc1cnn(C)c1. The Hall–Kier alpha value is -1.55. The molecule has 4 heteroatoms. The van der Waals surface area contributed by atoms with E-state index in [2.05, 4.69) is 5.10 Å². The molecule has 0 aliphatic rings. The summed E-state index contributed by atoms with van der Waals surface area (Å²) in [5.41, 5.74) is 1.91. The predicted octanol–water partition coefficient (Wildman–Crippen LogP) is 1.85. The van der Waals surface area contributed by atoms with Gasteiger partial charge in [0.15, 0.2) is 0 Å². The van der Waals surface area contributed by atoms with E-state index in [9.17, 15) is 5.11 Å². The molecule has 1 unspecified atom stereocenters. The Balaban J connectivity index is 2.11. The van der Waals surface area contributed by atoms with Gasteiger partial charge in [0.05, 0.1) is 18.6 Å². The minimum absolute atomic E-state index is 0.516. The smallest absolute Gasteiger partial charge is 0.109 e. The van der Waals surface area contributed by atoms with Crippen molar-refractivity contribution in [3.63, 3.8) is 0 Å². The molecule has 2 aromatic heterocycles. The van der Waals surface area contributed by atoms with Gasteiger partial charge in [-0.3, -0.25) is 4.68 Å². The predicted molar refractivity (Wildman–Crippen MR) is 60.0 cm³/mol. The number of hydrogen-bond donors (Lipinski definition) is 1. The number of aryl methyl sites for hydroxylation is 2. The molecular formula is C12H16N2O2. The van der Waals surface area contributed by atoms with Crippen molar-refractivity contribution < 1.29 is 9.52 Å². The van der Waals surface area contributed by atoms with Crippen molar-refractivity contribution in [3.05, 3.63) is 41.6 Å². The van der Waals surface area contributed by atoms with Gasteiger partial charge in [-0.2, -0.15) is 5.10 Å². The highest BCUT2D eigenvalue weighted by molar-refractivity contribution is 5.22. The van der Waals surface area contributed by atoms with Gasteiger partial charge < -0.3 is 9.52 Å². The summed E-state index contributed by atoms with van der Waals surface area (Å²) < 4.78 is 7.03. The summed E-state index contributed by atoms with van der Waals surface area (Å²) in [7, 11) is 1.87. The molecule has 0 spiro atoms. The average Bonchev–Trinajstić information content (AvgIpc) is 2.86. The molecular weight excluding hydrogens is 204 g/mol. The summed E-state index contributed by atoms with van der Waals surface area (Å²) in [6.45, 7) is 2.01. The fourth-order valence-corrected chi connectivity index (χ4v) is 1.85. The van der Waals surface area contributed by atoms with E-state index in [1.54, 1.807) is 17.1 Å². The molecule has 2 heterocycles. The van der Waals surface area contributed by atoms with Crippen molar-refractivity contribution in [2.75, 3.05) is 0 Å². The third-order valence-corrected chi connectivity index (χ3v) is 2.65. The van der Waals surface area contributed by atoms with Crippen molar-refractivity contribution in [2.45, 2.75) is 25.9 Å². The van der Waals surface area contributed by atoms with Crippen LogP contribution in [0, 0.1) is 0 Å². The van der Waals surface area contributed by atoms with Crippen LogP contribution in [0.5, 0.6) is 0 Å². The van der Waals surface area contributed by atoms with Crippen LogP contribution in [-0.2, 0) is 19.9 Å². The molecule has 0 aliphatic carbocycles. The van der Waals surface area contributed by atoms with E-state index >= 15 is 0 Å². The molecule has 0 saturated heterocycles. The first-order chi connectivity index (χ1) is 7.70. The van der Waals surface area contributed by atoms with Crippen molar-refractivity contribution >= 4 is 0 Å². The monoisotopic (exact) mass is 220 g/mol. The van der Waals surface area contributed by atoms with Crippen LogP contribution in [0.25, 0.3) is 0 Å². The second-order valence-corrected chi connectivity index (χ2v) is 3.89. The van der Waals surface area contributed by atoms with Crippen molar-refractivity contribution in [1.29, 1.82) is 0 Å². The van der Waals surface area contributed by atoms with Crippen LogP contribution < -0.4 is 0 Å². The van der Waals surface area contributed by atoms with Crippen molar-refractivity contribution in [2.24, 2.45) is 7.05 Å². The highest BCUT2D eigenvalue weighted by atomic mass is 16.3. The van der Waals surface area contributed by atoms with E-state index in [-0.39, 0.29) is 0 Å². The molecule has 2 aromatic rings. The van der Waals surface area contributed by atoms with Crippen LogP contribution >= 0.6 is 0 Å². The second kappa shape index (κ2) is 4.53. The van der Waals surface area contributed by atoms with Gasteiger partial charge in [-0.05, 0) is 11.6 Å². The van der Waals surface area contributed by atoms with E-state index < -0.39 is 6.10 Å². The molecule has 0 amide bonds. The topological polar surface area (TPSA) is 51.2 Å². The first-order valence-electron chi connectivity index (χ1n) is 5.42. The fourth-order valence-electron chi connectivity index (χ4n) is 1.85. The first-order valence-corrected chi connectivity index (χ1v) is 5.42. The number of furan rings is 1. The second-order valence-electron chi connectivity index (χ2n) is 3.89. The molecule has 0 fully saturated rings. The van der Waals surface area contributed by atoms with E-state index in [0.29, 0.717) is 6.42 Å². The standard InChI is InChI=1S/C12H16N2O2/c1-3-12-10(4-5-16-12)11(15)6-9-7-13-14(2)8-9/h4-5,7-8,11,15H,3,6H2,1-2H3. The zero-order valence-corrected chi connectivity index (χ0v) is 9.55. The Morgan fingerprint density at radius 3 is 3.00 bits per heavy atom. The maximum atomic E-state index is 10.1. The van der Waals surface area contributed by atoms with Crippen molar-refractivity contribution in [1.82, 2.24) is 9.78 Å². The fraction of sp³-hybridized carbons (Fsp3) is 0.417. The van der Waals surface area contributed by atoms with Crippen LogP contribution in [0.3, 0.4) is 0 Å². The molecule has 0 radical (unpaired) electrons. The number of hydrogen-bond acceptors (Lipinski definition) is 3. The van der Waals surface area contributed by atoms with Crippen LogP contribution in [0.15, 0.2) is 29.1 Å². The Kier molecular flexibility index (Phi) is 3.10. The summed E-state index contributed by atoms with van der Waals surface area (Å²) in [6.07, 6.45) is 6.16. The van der Waals surface area contributed by atoms with Gasteiger partial charge in [0.1, 0.15) is 5.76 Å². The minimum atomic E-state index is -0.516. The molecule has 0 bridgehead atoms. The summed E-state index contributed by atoms with van der Waals surface area (Å²) in [5.74, 6) is 0.858. The molecule has 86 valence electrons. The number of aliphatic hydroxyl groups excluding tert-OH is 1. The highest BCUT2D eigenvalue weighted by Crippen LogP contribution is 2.23.